The maximum absolute atomic E-state index is 15.2. The number of aliphatic hydroxyl groups is 2. The minimum Gasteiger partial charge on any atom is -0.458 e. The second-order valence-corrected chi connectivity index (χ2v) is 12.6. The number of nitrogens with one attached hydrogen (secondary N) is 1. The predicted octanol–water partition coefficient (Wildman–Crippen LogP) is 2.50. The SMILES string of the molecule is CC[C@@]1(O)C(=O)OCc2c1cc1n(c2=O)Cc2c-1nc1cc(F)c(C)c3c1c2C(NC(=O)CN(CCO)C(=O)CC(C)C)CC3. The van der Waals surface area contributed by atoms with E-state index in [2.05, 4.69) is 5.32 Å². The van der Waals surface area contributed by atoms with Gasteiger partial charge in [0.25, 0.3) is 5.56 Å². The molecule has 0 saturated carbocycles. The highest BCUT2D eigenvalue weighted by atomic mass is 19.1. The number of benzene rings is 1. The fourth-order valence-electron chi connectivity index (χ4n) is 7.00. The number of hydrogen-bond acceptors (Lipinski definition) is 8. The molecule has 12 heteroatoms. The number of aliphatic hydroxyl groups excluding tert-OH is 1. The molecule has 4 heterocycles. The van der Waals surface area contributed by atoms with Gasteiger partial charge < -0.3 is 29.7 Å². The third-order valence-corrected chi connectivity index (χ3v) is 9.35. The van der Waals surface area contributed by atoms with E-state index in [0.29, 0.717) is 40.9 Å². The van der Waals surface area contributed by atoms with Crippen molar-refractivity contribution < 1.29 is 33.7 Å². The first kappa shape index (κ1) is 30.8. The van der Waals surface area contributed by atoms with Gasteiger partial charge in [-0.2, -0.15) is 0 Å². The van der Waals surface area contributed by atoms with Crippen molar-refractivity contribution in [2.24, 2.45) is 5.92 Å². The summed E-state index contributed by atoms with van der Waals surface area (Å²) in [5, 5.41) is 24.6. The van der Waals surface area contributed by atoms with Crippen LogP contribution in [-0.2, 0) is 44.3 Å². The number of aryl methyl sites for hydroxylation is 1. The number of carbonyl (C=O) groups is 3. The van der Waals surface area contributed by atoms with E-state index in [1.165, 1.54) is 15.5 Å². The number of aromatic nitrogens is 2. The lowest BCUT2D eigenvalue weighted by atomic mass is 9.81. The zero-order chi connectivity index (χ0) is 32.4. The van der Waals surface area contributed by atoms with Crippen molar-refractivity contribution in [2.75, 3.05) is 19.7 Å². The Bertz CT molecular complexity index is 1830. The van der Waals surface area contributed by atoms with Gasteiger partial charge in [0.05, 0.1) is 48.2 Å². The predicted molar refractivity (Wildman–Crippen MR) is 162 cm³/mol. The number of esters is 1. The molecule has 3 aromatic rings. The van der Waals surface area contributed by atoms with Gasteiger partial charge >= 0.3 is 5.97 Å². The van der Waals surface area contributed by atoms with Gasteiger partial charge in [0.1, 0.15) is 12.4 Å². The Morgan fingerprint density at radius 3 is 2.69 bits per heavy atom. The number of ether oxygens (including phenoxy) is 1. The van der Waals surface area contributed by atoms with Gasteiger partial charge in [-0.25, -0.2) is 14.2 Å². The quantitative estimate of drug-likeness (QED) is 0.254. The topological polar surface area (TPSA) is 151 Å². The summed E-state index contributed by atoms with van der Waals surface area (Å²) < 4.78 is 21.9. The lowest BCUT2D eigenvalue weighted by Gasteiger charge is -2.31. The molecule has 1 aromatic carbocycles. The molecule has 2 aliphatic heterocycles. The molecule has 1 unspecified atom stereocenters. The maximum atomic E-state index is 15.2. The summed E-state index contributed by atoms with van der Waals surface area (Å²) in [6.45, 7) is 6.53. The normalized spacial score (nSPS) is 19.6. The standard InChI is InChI=1S/C33H37FN4O7/c1-5-33(44)21-11-25-30-19(13-38(25)31(42)20(21)15-45-32(33)43)29-23(7-6-18-17(4)22(34)12-24(36-30)28(18)29)35-26(40)14-37(8-9-39)27(41)10-16(2)3/h11-12,16,23,39,44H,5-10,13-15H2,1-4H3,(H,35,40)/t23?,33-/m0/s1. The molecule has 3 aliphatic rings. The van der Waals surface area contributed by atoms with Crippen LogP contribution in [0.25, 0.3) is 22.3 Å². The molecule has 0 saturated heterocycles. The van der Waals surface area contributed by atoms with E-state index < -0.39 is 34.9 Å². The molecule has 6 rings (SSSR count). The van der Waals surface area contributed by atoms with Crippen LogP contribution in [0.5, 0.6) is 0 Å². The number of rotatable bonds is 8. The van der Waals surface area contributed by atoms with Crippen molar-refractivity contribution >= 4 is 28.7 Å². The lowest BCUT2D eigenvalue weighted by Crippen LogP contribution is -2.44. The van der Waals surface area contributed by atoms with Crippen LogP contribution in [0.1, 0.15) is 79.5 Å². The first-order valence-electron chi connectivity index (χ1n) is 15.4. The largest absolute Gasteiger partial charge is 0.458 e. The number of halogens is 1. The number of amides is 2. The highest BCUT2D eigenvalue weighted by Crippen LogP contribution is 2.45. The van der Waals surface area contributed by atoms with Crippen LogP contribution in [0.3, 0.4) is 0 Å². The van der Waals surface area contributed by atoms with Crippen LogP contribution in [0.15, 0.2) is 16.9 Å². The molecule has 0 fully saturated rings. The zero-order valence-electron chi connectivity index (χ0n) is 25.8. The maximum Gasteiger partial charge on any atom is 0.343 e. The summed E-state index contributed by atoms with van der Waals surface area (Å²) in [6, 6.07) is 2.43. The first-order valence-corrected chi connectivity index (χ1v) is 15.4. The van der Waals surface area contributed by atoms with Crippen molar-refractivity contribution in [1.82, 2.24) is 19.8 Å². The Hall–Kier alpha value is -4.16. The van der Waals surface area contributed by atoms with E-state index >= 15 is 4.39 Å². The molecule has 0 radical (unpaired) electrons. The number of cyclic esters (lactones) is 1. The Labute approximate surface area is 259 Å². The highest BCUT2D eigenvalue weighted by Gasteiger charge is 2.46. The smallest absolute Gasteiger partial charge is 0.343 e. The van der Waals surface area contributed by atoms with Crippen molar-refractivity contribution in [1.29, 1.82) is 0 Å². The van der Waals surface area contributed by atoms with Gasteiger partial charge in [0, 0.05) is 35.5 Å². The van der Waals surface area contributed by atoms with Crippen molar-refractivity contribution in [3.8, 4) is 11.4 Å². The second kappa shape index (κ2) is 11.3. The molecule has 3 N–H and O–H groups in total. The molecule has 0 bridgehead atoms. The van der Waals surface area contributed by atoms with Crippen molar-refractivity contribution in [3.63, 3.8) is 0 Å². The molecule has 2 aromatic heterocycles. The number of carbonyl (C=O) groups excluding carboxylic acids is 3. The molecular weight excluding hydrogens is 583 g/mol. The summed E-state index contributed by atoms with van der Waals surface area (Å²) in [6.07, 6.45) is 1.18. The third-order valence-electron chi connectivity index (χ3n) is 9.35. The molecule has 11 nitrogen and oxygen atoms in total. The van der Waals surface area contributed by atoms with Gasteiger partial charge in [-0.05, 0) is 54.9 Å². The van der Waals surface area contributed by atoms with E-state index in [-0.39, 0.29) is 68.6 Å². The van der Waals surface area contributed by atoms with Crippen molar-refractivity contribution in [2.45, 2.75) is 78.2 Å². The Kier molecular flexibility index (Phi) is 7.77. The Balaban J connectivity index is 1.47. The van der Waals surface area contributed by atoms with Crippen LogP contribution in [0.4, 0.5) is 4.39 Å². The van der Waals surface area contributed by atoms with Gasteiger partial charge in [-0.3, -0.25) is 14.4 Å². The third kappa shape index (κ3) is 4.91. The van der Waals surface area contributed by atoms with Gasteiger partial charge in [-0.15, -0.1) is 0 Å². The van der Waals surface area contributed by atoms with Crippen LogP contribution in [0.2, 0.25) is 0 Å². The molecule has 2 amide bonds. The molecule has 45 heavy (non-hydrogen) atoms. The Morgan fingerprint density at radius 1 is 1.24 bits per heavy atom. The zero-order valence-corrected chi connectivity index (χ0v) is 25.8. The minimum atomic E-state index is -1.99. The fourth-order valence-corrected chi connectivity index (χ4v) is 7.00. The minimum absolute atomic E-state index is 0.0000926. The van der Waals surface area contributed by atoms with E-state index in [1.54, 1.807) is 19.9 Å². The lowest BCUT2D eigenvalue weighted by molar-refractivity contribution is -0.172. The average Bonchev–Trinajstić information content (AvgIpc) is 3.36. The number of nitrogens with zero attached hydrogens (tertiary/aromatic N) is 3. The van der Waals surface area contributed by atoms with Gasteiger partial charge in [0.2, 0.25) is 11.8 Å². The second-order valence-electron chi connectivity index (χ2n) is 12.6. The van der Waals surface area contributed by atoms with E-state index in [0.717, 1.165) is 16.5 Å². The first-order chi connectivity index (χ1) is 21.4. The number of pyridine rings is 2. The molecule has 2 atom stereocenters. The van der Waals surface area contributed by atoms with Crippen LogP contribution < -0.4 is 10.9 Å². The van der Waals surface area contributed by atoms with E-state index in [1.807, 2.05) is 13.8 Å². The fraction of sp³-hybridized carbons (Fsp3) is 0.485. The van der Waals surface area contributed by atoms with Crippen molar-refractivity contribution in [3.05, 3.63) is 61.7 Å². The summed E-state index contributed by atoms with van der Waals surface area (Å²) in [5.74, 6) is -1.78. The molecule has 1 aliphatic carbocycles. The number of fused-ring (bicyclic) bond motifs is 5. The monoisotopic (exact) mass is 620 g/mol. The Morgan fingerprint density at radius 2 is 2.00 bits per heavy atom. The van der Waals surface area contributed by atoms with Gasteiger partial charge in [0.15, 0.2) is 5.60 Å². The average molecular weight is 621 g/mol. The van der Waals surface area contributed by atoms with Crippen LogP contribution in [-0.4, -0.2) is 62.1 Å². The summed E-state index contributed by atoms with van der Waals surface area (Å²) in [4.78, 5) is 58.8. The highest BCUT2D eigenvalue weighted by molar-refractivity contribution is 5.94. The van der Waals surface area contributed by atoms with E-state index in [9.17, 15) is 29.4 Å². The van der Waals surface area contributed by atoms with Crippen LogP contribution >= 0.6 is 0 Å². The van der Waals surface area contributed by atoms with E-state index in [4.69, 9.17) is 9.72 Å². The summed E-state index contributed by atoms with van der Waals surface area (Å²) in [5.41, 5.74) is 1.84. The molecular formula is C33H37FN4O7. The summed E-state index contributed by atoms with van der Waals surface area (Å²) in [7, 11) is 0. The van der Waals surface area contributed by atoms with Gasteiger partial charge in [-0.1, -0.05) is 20.8 Å². The number of hydrogen-bond donors (Lipinski definition) is 3. The summed E-state index contributed by atoms with van der Waals surface area (Å²) >= 11 is 0. The van der Waals surface area contributed by atoms with Crippen LogP contribution in [0, 0.1) is 18.7 Å². The molecule has 0 spiro atoms. The molecule has 238 valence electrons.